The van der Waals surface area contributed by atoms with Gasteiger partial charge in [-0.25, -0.2) is 4.79 Å². The highest BCUT2D eigenvalue weighted by atomic mass is 16.8. The average molecular weight is 448 g/mol. The minimum atomic E-state index is -0.746. The zero-order chi connectivity index (χ0) is 23.5. The SMILES string of the molecule is COc1ccc(C=C2Oc3cc(OC(=O)c4cccc(N([O-])O)c4)ccc3C2=O)cc1OC. The lowest BCUT2D eigenvalue weighted by Crippen LogP contribution is -2.11. The molecule has 9 heteroatoms. The molecule has 0 unspecified atom stereocenters. The number of carbonyl (C=O) groups is 2. The molecule has 0 amide bonds. The third kappa shape index (κ3) is 4.49. The summed E-state index contributed by atoms with van der Waals surface area (Å²) in [5.41, 5.74) is 0.948. The minimum absolute atomic E-state index is 0.0638. The predicted octanol–water partition coefficient (Wildman–Crippen LogP) is 4.23. The number of Topliss-reactive ketones (excluding diaryl/α,β-unsaturated/α-hetero) is 1. The lowest BCUT2D eigenvalue weighted by molar-refractivity contribution is 0.0734. The highest BCUT2D eigenvalue weighted by Gasteiger charge is 2.28. The molecule has 9 nitrogen and oxygen atoms in total. The van der Waals surface area contributed by atoms with E-state index in [9.17, 15) is 14.8 Å². The van der Waals surface area contributed by atoms with Gasteiger partial charge in [0.1, 0.15) is 11.5 Å². The van der Waals surface area contributed by atoms with Crippen molar-refractivity contribution in [3.8, 4) is 23.0 Å². The molecular weight excluding hydrogens is 430 g/mol. The number of hydrogen-bond donors (Lipinski definition) is 1. The first-order chi connectivity index (χ1) is 15.9. The first-order valence-electron chi connectivity index (χ1n) is 9.68. The van der Waals surface area contributed by atoms with E-state index in [1.165, 1.54) is 56.7 Å². The average Bonchev–Trinajstić information content (AvgIpc) is 3.13. The Kier molecular flexibility index (Phi) is 5.99. The number of esters is 1. The van der Waals surface area contributed by atoms with Gasteiger partial charge in [-0.05, 0) is 54.1 Å². The first kappa shape index (κ1) is 21.9. The number of allylic oxidation sites excluding steroid dienone is 1. The van der Waals surface area contributed by atoms with Crippen molar-refractivity contribution in [3.63, 3.8) is 0 Å². The second-order valence-corrected chi connectivity index (χ2v) is 6.92. The highest BCUT2D eigenvalue weighted by Crippen LogP contribution is 2.36. The van der Waals surface area contributed by atoms with Gasteiger partial charge in [-0.3, -0.25) is 10.0 Å². The zero-order valence-electron chi connectivity index (χ0n) is 17.6. The number of ether oxygens (including phenoxy) is 4. The van der Waals surface area contributed by atoms with E-state index in [4.69, 9.17) is 24.2 Å². The van der Waals surface area contributed by atoms with Crippen LogP contribution in [0.25, 0.3) is 6.08 Å². The third-order valence-corrected chi connectivity index (χ3v) is 4.86. The number of anilines is 1. The Balaban J connectivity index is 1.54. The third-order valence-electron chi connectivity index (χ3n) is 4.86. The Bertz CT molecular complexity index is 1270. The molecule has 0 aliphatic carbocycles. The molecule has 1 heterocycles. The summed E-state index contributed by atoms with van der Waals surface area (Å²) in [5, 5.41) is 19.7. The quantitative estimate of drug-likeness (QED) is 0.256. The molecule has 4 rings (SSSR count). The molecule has 3 aromatic rings. The molecule has 3 aromatic carbocycles. The van der Waals surface area contributed by atoms with Crippen molar-refractivity contribution >= 4 is 23.5 Å². The molecule has 0 saturated heterocycles. The van der Waals surface area contributed by atoms with Gasteiger partial charge in [0.05, 0.1) is 31.0 Å². The number of hydrogen-bond acceptors (Lipinski definition) is 9. The zero-order valence-corrected chi connectivity index (χ0v) is 17.6. The summed E-state index contributed by atoms with van der Waals surface area (Å²) < 4.78 is 21.5. The van der Waals surface area contributed by atoms with Gasteiger partial charge in [0.25, 0.3) is 0 Å². The summed E-state index contributed by atoms with van der Waals surface area (Å²) in [6.07, 6.45) is 1.57. The van der Waals surface area contributed by atoms with Crippen molar-refractivity contribution < 1.29 is 33.7 Å². The van der Waals surface area contributed by atoms with Gasteiger partial charge in [0, 0.05) is 6.07 Å². The maximum atomic E-state index is 12.7. The van der Waals surface area contributed by atoms with Crippen LogP contribution < -0.4 is 24.2 Å². The Morgan fingerprint density at radius 1 is 1.03 bits per heavy atom. The molecule has 0 aromatic heterocycles. The van der Waals surface area contributed by atoms with Gasteiger partial charge in [-0.1, -0.05) is 12.1 Å². The Hall–Kier alpha value is -4.34. The Labute approximate surface area is 188 Å². The number of methoxy groups -OCH3 is 2. The molecule has 33 heavy (non-hydrogen) atoms. The van der Waals surface area contributed by atoms with Crippen LogP contribution in [0.3, 0.4) is 0 Å². The van der Waals surface area contributed by atoms with Crippen LogP contribution >= 0.6 is 0 Å². The highest BCUT2D eigenvalue weighted by molar-refractivity contribution is 6.14. The van der Waals surface area contributed by atoms with Crippen LogP contribution in [0.4, 0.5) is 5.69 Å². The van der Waals surface area contributed by atoms with Gasteiger partial charge >= 0.3 is 5.97 Å². The number of fused-ring (bicyclic) bond motifs is 1. The van der Waals surface area contributed by atoms with E-state index in [0.717, 1.165) is 0 Å². The van der Waals surface area contributed by atoms with Crippen LogP contribution in [0, 0.1) is 5.21 Å². The maximum absolute atomic E-state index is 12.7. The molecule has 0 fully saturated rings. The van der Waals surface area contributed by atoms with Gasteiger partial charge < -0.3 is 29.4 Å². The fraction of sp³-hybridized carbons (Fsp3) is 0.0833. The van der Waals surface area contributed by atoms with Gasteiger partial charge in [0.15, 0.2) is 17.3 Å². The number of ketones is 1. The number of benzene rings is 3. The standard InChI is InChI=1S/C24H18NO8/c1-30-19-9-6-14(10-21(19)31-2)11-22-23(26)18-8-7-17(13-20(18)33-22)32-24(27)15-4-3-5-16(12-15)25(28)29/h3-13,28H,1-2H3/q-1. The molecular formula is C24H18NO8-. The van der Waals surface area contributed by atoms with Crippen LogP contribution in [0.5, 0.6) is 23.0 Å². The maximum Gasteiger partial charge on any atom is 0.343 e. The van der Waals surface area contributed by atoms with E-state index in [-0.39, 0.29) is 39.5 Å². The van der Waals surface area contributed by atoms with Crippen molar-refractivity contribution in [3.05, 3.63) is 88.3 Å². The summed E-state index contributed by atoms with van der Waals surface area (Å²) in [6.45, 7) is 0. The van der Waals surface area contributed by atoms with Crippen molar-refractivity contribution in [2.45, 2.75) is 0 Å². The monoisotopic (exact) mass is 448 g/mol. The van der Waals surface area contributed by atoms with Crippen LogP contribution in [-0.2, 0) is 0 Å². The second-order valence-electron chi connectivity index (χ2n) is 6.92. The van der Waals surface area contributed by atoms with Crippen LogP contribution in [0.2, 0.25) is 0 Å². The van der Waals surface area contributed by atoms with E-state index < -0.39 is 5.97 Å². The number of carbonyl (C=O) groups excluding carboxylic acids is 2. The Morgan fingerprint density at radius 2 is 1.82 bits per heavy atom. The van der Waals surface area contributed by atoms with Crippen LogP contribution in [0.1, 0.15) is 26.3 Å². The summed E-state index contributed by atoms with van der Waals surface area (Å²) in [7, 11) is 3.05. The molecule has 0 spiro atoms. The minimum Gasteiger partial charge on any atom is -0.733 e. The number of rotatable bonds is 6. The van der Waals surface area contributed by atoms with Crippen molar-refractivity contribution in [1.82, 2.24) is 0 Å². The number of nitrogens with zero attached hydrogens (tertiary/aromatic N) is 1. The lowest BCUT2D eigenvalue weighted by Gasteiger charge is -2.21. The smallest absolute Gasteiger partial charge is 0.343 e. The molecule has 0 radical (unpaired) electrons. The largest absolute Gasteiger partial charge is 0.733 e. The summed E-state index contributed by atoms with van der Waals surface area (Å²) >= 11 is 0. The normalized spacial score (nSPS) is 13.3. The van der Waals surface area contributed by atoms with Crippen LogP contribution in [0.15, 0.2) is 66.4 Å². The summed E-state index contributed by atoms with van der Waals surface area (Å²) in [6, 6.07) is 15.0. The molecule has 1 aliphatic heterocycles. The van der Waals surface area contributed by atoms with Crippen molar-refractivity contribution in [2.75, 3.05) is 19.4 Å². The molecule has 0 saturated carbocycles. The van der Waals surface area contributed by atoms with E-state index in [1.807, 2.05) is 0 Å². The van der Waals surface area contributed by atoms with Gasteiger partial charge in [-0.15, -0.1) is 0 Å². The summed E-state index contributed by atoms with van der Waals surface area (Å²) in [4.78, 5) is 25.1. The van der Waals surface area contributed by atoms with E-state index in [1.54, 1.807) is 24.3 Å². The summed E-state index contributed by atoms with van der Waals surface area (Å²) in [5.74, 6) is 0.494. The second kappa shape index (κ2) is 9.03. The molecule has 0 atom stereocenters. The fourth-order valence-corrected chi connectivity index (χ4v) is 3.24. The topological polar surface area (TPSA) is 118 Å². The molecule has 168 valence electrons. The molecule has 0 bridgehead atoms. The van der Waals surface area contributed by atoms with Crippen molar-refractivity contribution in [1.29, 1.82) is 0 Å². The molecule has 1 N–H and O–H groups in total. The van der Waals surface area contributed by atoms with Crippen LogP contribution in [-0.4, -0.2) is 31.2 Å². The van der Waals surface area contributed by atoms with Gasteiger partial charge in [0.2, 0.25) is 5.78 Å². The van der Waals surface area contributed by atoms with Gasteiger partial charge in [-0.2, -0.15) is 0 Å². The van der Waals surface area contributed by atoms with E-state index in [0.29, 0.717) is 22.6 Å². The van der Waals surface area contributed by atoms with Crippen molar-refractivity contribution in [2.24, 2.45) is 0 Å². The predicted molar refractivity (Wildman–Crippen MR) is 118 cm³/mol. The lowest BCUT2D eigenvalue weighted by atomic mass is 10.1. The first-order valence-corrected chi connectivity index (χ1v) is 9.68. The van der Waals surface area contributed by atoms with E-state index >= 15 is 0 Å². The van der Waals surface area contributed by atoms with E-state index in [2.05, 4.69) is 0 Å². The Morgan fingerprint density at radius 3 is 2.55 bits per heavy atom. The fourth-order valence-electron chi connectivity index (χ4n) is 3.24. The molecule has 1 aliphatic rings.